The number of benzene rings is 1. The maximum atomic E-state index is 11.6. The van der Waals surface area contributed by atoms with Gasteiger partial charge in [0.05, 0.1) is 12.2 Å². The first kappa shape index (κ1) is 11.9. The summed E-state index contributed by atoms with van der Waals surface area (Å²) in [4.78, 5) is 11.6. The first-order chi connectivity index (χ1) is 8.29. The normalized spacial score (nSPS) is 19.0. The minimum atomic E-state index is -0.263. The molecule has 0 spiro atoms. The Labute approximate surface area is 101 Å². The van der Waals surface area contributed by atoms with Crippen LogP contribution in [0, 0.1) is 0 Å². The van der Waals surface area contributed by atoms with Gasteiger partial charge in [-0.15, -0.1) is 0 Å². The second-order valence-electron chi connectivity index (χ2n) is 4.14. The van der Waals surface area contributed by atoms with Gasteiger partial charge in [0.2, 0.25) is 0 Å². The molecule has 4 heteroatoms. The lowest BCUT2D eigenvalue weighted by Gasteiger charge is -2.13. The zero-order valence-corrected chi connectivity index (χ0v) is 10.0. The Morgan fingerprint density at radius 2 is 2.47 bits per heavy atom. The fourth-order valence-electron chi connectivity index (χ4n) is 1.96. The van der Waals surface area contributed by atoms with Crippen LogP contribution in [-0.2, 0) is 4.74 Å². The maximum Gasteiger partial charge on any atom is 0.338 e. The van der Waals surface area contributed by atoms with Gasteiger partial charge in [0.15, 0.2) is 0 Å². The van der Waals surface area contributed by atoms with Crippen LogP contribution in [0.15, 0.2) is 24.3 Å². The lowest BCUT2D eigenvalue weighted by atomic mass is 10.2. The van der Waals surface area contributed by atoms with Gasteiger partial charge in [-0.2, -0.15) is 0 Å². The second kappa shape index (κ2) is 5.68. The highest BCUT2D eigenvalue weighted by Gasteiger charge is 2.14. The molecule has 0 amide bonds. The van der Waals surface area contributed by atoms with Crippen LogP contribution in [-0.4, -0.2) is 31.7 Å². The number of hydrogen-bond donors (Lipinski definition) is 2. The summed E-state index contributed by atoms with van der Waals surface area (Å²) in [5.74, 6) is -0.263. The van der Waals surface area contributed by atoms with Crippen molar-refractivity contribution in [2.45, 2.75) is 19.4 Å². The van der Waals surface area contributed by atoms with E-state index in [0.717, 1.165) is 25.2 Å². The van der Waals surface area contributed by atoms with E-state index in [-0.39, 0.29) is 5.97 Å². The summed E-state index contributed by atoms with van der Waals surface area (Å²) in [6, 6.07) is 7.91. The number of ether oxygens (including phenoxy) is 1. The average molecular weight is 234 g/mol. The van der Waals surface area contributed by atoms with E-state index in [0.29, 0.717) is 18.2 Å². The Morgan fingerprint density at radius 3 is 3.18 bits per heavy atom. The molecule has 1 saturated heterocycles. The van der Waals surface area contributed by atoms with Gasteiger partial charge >= 0.3 is 5.97 Å². The number of nitrogens with one attached hydrogen (secondary N) is 2. The van der Waals surface area contributed by atoms with Crippen LogP contribution in [0.25, 0.3) is 0 Å². The second-order valence-corrected chi connectivity index (χ2v) is 4.14. The van der Waals surface area contributed by atoms with Gasteiger partial charge in [-0.05, 0) is 38.1 Å². The van der Waals surface area contributed by atoms with Crippen molar-refractivity contribution >= 4 is 11.7 Å². The SMILES string of the molecule is CCOC(=O)c1cccc(NC2CCNC2)c1. The molecule has 0 aromatic heterocycles. The molecule has 1 fully saturated rings. The van der Waals surface area contributed by atoms with Crippen molar-refractivity contribution in [1.29, 1.82) is 0 Å². The Balaban J connectivity index is 2.02. The van der Waals surface area contributed by atoms with Gasteiger partial charge in [-0.1, -0.05) is 6.07 Å². The molecular weight excluding hydrogens is 216 g/mol. The number of hydrogen-bond acceptors (Lipinski definition) is 4. The summed E-state index contributed by atoms with van der Waals surface area (Å²) in [6.07, 6.45) is 1.11. The van der Waals surface area contributed by atoms with Crippen molar-refractivity contribution in [1.82, 2.24) is 5.32 Å². The van der Waals surface area contributed by atoms with Gasteiger partial charge in [0.1, 0.15) is 0 Å². The van der Waals surface area contributed by atoms with Crippen molar-refractivity contribution in [3.05, 3.63) is 29.8 Å². The van der Waals surface area contributed by atoms with Crippen molar-refractivity contribution in [2.75, 3.05) is 25.0 Å². The Kier molecular flexibility index (Phi) is 3.98. The van der Waals surface area contributed by atoms with E-state index in [4.69, 9.17) is 4.74 Å². The molecule has 0 bridgehead atoms. The van der Waals surface area contributed by atoms with Crippen LogP contribution in [0.3, 0.4) is 0 Å². The highest BCUT2D eigenvalue weighted by atomic mass is 16.5. The molecule has 2 rings (SSSR count). The minimum absolute atomic E-state index is 0.263. The number of anilines is 1. The highest BCUT2D eigenvalue weighted by molar-refractivity contribution is 5.90. The fraction of sp³-hybridized carbons (Fsp3) is 0.462. The van der Waals surface area contributed by atoms with Gasteiger partial charge in [0, 0.05) is 18.3 Å². The lowest BCUT2D eigenvalue weighted by molar-refractivity contribution is 0.0526. The summed E-state index contributed by atoms with van der Waals surface area (Å²) >= 11 is 0. The first-order valence-corrected chi connectivity index (χ1v) is 6.04. The molecule has 1 aliphatic heterocycles. The average Bonchev–Trinajstić information content (AvgIpc) is 2.82. The van der Waals surface area contributed by atoms with E-state index in [1.54, 1.807) is 6.07 Å². The standard InChI is InChI=1S/C13H18N2O2/c1-2-17-13(16)10-4-3-5-11(8-10)15-12-6-7-14-9-12/h3-5,8,12,14-15H,2,6-7,9H2,1H3. The zero-order valence-electron chi connectivity index (χ0n) is 10.0. The van der Waals surface area contributed by atoms with Crippen LogP contribution in [0.2, 0.25) is 0 Å². The minimum Gasteiger partial charge on any atom is -0.462 e. The van der Waals surface area contributed by atoms with Crippen LogP contribution >= 0.6 is 0 Å². The van der Waals surface area contributed by atoms with Crippen LogP contribution in [0.1, 0.15) is 23.7 Å². The number of esters is 1. The quantitative estimate of drug-likeness (QED) is 0.778. The van der Waals surface area contributed by atoms with Crippen LogP contribution < -0.4 is 10.6 Å². The van der Waals surface area contributed by atoms with Gasteiger partial charge in [-0.25, -0.2) is 4.79 Å². The monoisotopic (exact) mass is 234 g/mol. The molecule has 0 aliphatic carbocycles. The van der Waals surface area contributed by atoms with Crippen LogP contribution in [0.5, 0.6) is 0 Å². The first-order valence-electron chi connectivity index (χ1n) is 6.04. The smallest absolute Gasteiger partial charge is 0.338 e. The van der Waals surface area contributed by atoms with E-state index in [1.807, 2.05) is 25.1 Å². The molecular formula is C13H18N2O2. The molecule has 0 radical (unpaired) electrons. The molecule has 1 aromatic rings. The molecule has 2 N–H and O–H groups in total. The molecule has 1 aromatic carbocycles. The topological polar surface area (TPSA) is 50.4 Å². The van der Waals surface area contributed by atoms with Crippen molar-refractivity contribution < 1.29 is 9.53 Å². The molecule has 1 heterocycles. The van der Waals surface area contributed by atoms with Crippen molar-refractivity contribution in [2.24, 2.45) is 0 Å². The lowest BCUT2D eigenvalue weighted by Crippen LogP contribution is -2.22. The highest BCUT2D eigenvalue weighted by Crippen LogP contribution is 2.14. The predicted octanol–water partition coefficient (Wildman–Crippen LogP) is 1.64. The zero-order chi connectivity index (χ0) is 12.1. The molecule has 0 saturated carbocycles. The summed E-state index contributed by atoms with van der Waals surface area (Å²) in [5.41, 5.74) is 1.58. The third kappa shape index (κ3) is 3.20. The third-order valence-electron chi connectivity index (χ3n) is 2.80. The maximum absolute atomic E-state index is 11.6. The molecule has 4 nitrogen and oxygen atoms in total. The Hall–Kier alpha value is -1.55. The largest absolute Gasteiger partial charge is 0.462 e. The molecule has 92 valence electrons. The Morgan fingerprint density at radius 1 is 1.59 bits per heavy atom. The van der Waals surface area contributed by atoms with Crippen molar-refractivity contribution in [3.8, 4) is 0 Å². The van der Waals surface area contributed by atoms with Crippen molar-refractivity contribution in [3.63, 3.8) is 0 Å². The molecule has 1 unspecified atom stereocenters. The summed E-state index contributed by atoms with van der Waals surface area (Å²) in [6.45, 7) is 4.24. The van der Waals surface area contributed by atoms with E-state index in [2.05, 4.69) is 10.6 Å². The van der Waals surface area contributed by atoms with E-state index >= 15 is 0 Å². The van der Waals surface area contributed by atoms with E-state index in [9.17, 15) is 4.79 Å². The summed E-state index contributed by atoms with van der Waals surface area (Å²) in [5, 5.41) is 6.70. The number of carbonyl (C=O) groups is 1. The van der Waals surface area contributed by atoms with E-state index in [1.165, 1.54) is 0 Å². The predicted molar refractivity (Wildman–Crippen MR) is 67.3 cm³/mol. The fourth-order valence-corrected chi connectivity index (χ4v) is 1.96. The number of carbonyl (C=O) groups excluding carboxylic acids is 1. The molecule has 1 atom stereocenters. The molecule has 1 aliphatic rings. The summed E-state index contributed by atoms with van der Waals surface area (Å²) in [7, 11) is 0. The van der Waals surface area contributed by atoms with E-state index < -0.39 is 0 Å². The van der Waals surface area contributed by atoms with Gasteiger partial charge in [-0.3, -0.25) is 0 Å². The van der Waals surface area contributed by atoms with Gasteiger partial charge in [0.25, 0.3) is 0 Å². The van der Waals surface area contributed by atoms with Crippen LogP contribution in [0.4, 0.5) is 5.69 Å². The third-order valence-corrected chi connectivity index (χ3v) is 2.80. The van der Waals surface area contributed by atoms with Gasteiger partial charge < -0.3 is 15.4 Å². The summed E-state index contributed by atoms with van der Waals surface area (Å²) < 4.78 is 4.97. The number of rotatable bonds is 4. The Bertz CT molecular complexity index is 387. The molecule has 17 heavy (non-hydrogen) atoms.